The van der Waals surface area contributed by atoms with E-state index in [4.69, 9.17) is 15.1 Å². The summed E-state index contributed by atoms with van der Waals surface area (Å²) < 4.78 is 4.88. The van der Waals surface area contributed by atoms with E-state index < -0.39 is 18.0 Å². The maximum absolute atomic E-state index is 12.0. The maximum atomic E-state index is 12.0. The van der Waals surface area contributed by atoms with Gasteiger partial charge in [-0.2, -0.15) is 5.26 Å². The molecule has 18 heavy (non-hydrogen) atoms. The van der Waals surface area contributed by atoms with Crippen molar-refractivity contribution in [3.05, 3.63) is 0 Å². The highest BCUT2D eigenvalue weighted by atomic mass is 16.5. The first-order chi connectivity index (χ1) is 8.45. The number of likely N-dealkylation sites (N-methyl/N-ethyl adjacent to an activating group) is 1. The number of hydrogen-bond donors (Lipinski definition) is 1. The van der Waals surface area contributed by atoms with Gasteiger partial charge in [-0.15, -0.1) is 0 Å². The van der Waals surface area contributed by atoms with Gasteiger partial charge in [0.2, 0.25) is 0 Å². The Balaban J connectivity index is 4.61. The smallest absolute Gasteiger partial charge is 0.326 e. The minimum Gasteiger partial charge on any atom is -0.480 e. The molecular weight excluding hydrogens is 238 g/mol. The number of nitriles is 1. The number of carbonyl (C=O) groups excluding carboxylic acids is 1. The third-order valence-corrected chi connectivity index (χ3v) is 2.57. The minimum absolute atomic E-state index is 0.199. The van der Waals surface area contributed by atoms with E-state index in [0.717, 1.165) is 4.90 Å². The SMILES string of the molecule is COCCN(CCC#N)C(=O)N(C)C(C)C(=O)O. The predicted molar refractivity (Wildman–Crippen MR) is 63.9 cm³/mol. The van der Waals surface area contributed by atoms with Crippen molar-refractivity contribution in [2.75, 3.05) is 33.9 Å². The molecule has 7 nitrogen and oxygen atoms in total. The van der Waals surface area contributed by atoms with Crippen LogP contribution in [0.5, 0.6) is 0 Å². The zero-order valence-electron chi connectivity index (χ0n) is 10.9. The molecule has 0 rings (SSSR count). The van der Waals surface area contributed by atoms with Crippen LogP contribution in [0.1, 0.15) is 13.3 Å². The first kappa shape index (κ1) is 16.2. The molecule has 0 spiro atoms. The number of methoxy groups -OCH3 is 1. The number of aliphatic carboxylic acids is 1. The molecule has 1 atom stereocenters. The average molecular weight is 257 g/mol. The first-order valence-electron chi connectivity index (χ1n) is 5.56. The number of urea groups is 1. The van der Waals surface area contributed by atoms with Crippen molar-refractivity contribution in [1.29, 1.82) is 5.26 Å². The normalized spacial score (nSPS) is 11.4. The van der Waals surface area contributed by atoms with Gasteiger partial charge in [0.1, 0.15) is 6.04 Å². The second kappa shape index (κ2) is 8.31. The molecular formula is C11H19N3O4. The molecule has 0 fully saturated rings. The number of ether oxygens (including phenoxy) is 1. The number of carboxylic acid groups (broad SMARTS) is 1. The number of carboxylic acids is 1. The van der Waals surface area contributed by atoms with Gasteiger partial charge in [0.25, 0.3) is 0 Å². The fourth-order valence-corrected chi connectivity index (χ4v) is 1.24. The second-order valence-electron chi connectivity index (χ2n) is 3.80. The van der Waals surface area contributed by atoms with Crippen LogP contribution in [0.4, 0.5) is 4.79 Å². The van der Waals surface area contributed by atoms with Gasteiger partial charge in [-0.1, -0.05) is 0 Å². The van der Waals surface area contributed by atoms with Gasteiger partial charge in [-0.3, -0.25) is 0 Å². The van der Waals surface area contributed by atoms with Crippen LogP contribution in [-0.4, -0.2) is 66.8 Å². The summed E-state index contributed by atoms with van der Waals surface area (Å²) in [4.78, 5) is 25.4. The molecule has 0 heterocycles. The minimum atomic E-state index is -1.07. The lowest BCUT2D eigenvalue weighted by Crippen LogP contribution is -2.48. The number of carbonyl (C=O) groups is 2. The summed E-state index contributed by atoms with van der Waals surface area (Å²) in [5, 5.41) is 17.4. The van der Waals surface area contributed by atoms with Gasteiger partial charge in [-0.25, -0.2) is 9.59 Å². The molecule has 1 unspecified atom stereocenters. The summed E-state index contributed by atoms with van der Waals surface area (Å²) in [5.74, 6) is -1.07. The molecule has 0 saturated heterocycles. The lowest BCUT2D eigenvalue weighted by atomic mass is 10.3. The monoisotopic (exact) mass is 257 g/mol. The van der Waals surface area contributed by atoms with Gasteiger partial charge in [0, 0.05) is 27.2 Å². The molecule has 7 heteroatoms. The molecule has 2 amide bonds. The number of amides is 2. The van der Waals surface area contributed by atoms with E-state index in [9.17, 15) is 9.59 Å². The molecule has 0 aromatic carbocycles. The molecule has 0 aromatic rings. The topological polar surface area (TPSA) is 93.9 Å². The van der Waals surface area contributed by atoms with Crippen molar-refractivity contribution in [3.63, 3.8) is 0 Å². The Bertz CT molecular complexity index is 327. The van der Waals surface area contributed by atoms with Crippen molar-refractivity contribution in [3.8, 4) is 6.07 Å². The molecule has 0 aliphatic heterocycles. The Kier molecular flexibility index (Phi) is 7.47. The summed E-state index contributed by atoms with van der Waals surface area (Å²) in [6.45, 7) is 2.36. The Labute approximate surface area is 107 Å². The van der Waals surface area contributed by atoms with E-state index in [1.54, 1.807) is 0 Å². The van der Waals surface area contributed by atoms with Crippen molar-refractivity contribution in [2.24, 2.45) is 0 Å². The summed E-state index contributed by atoms with van der Waals surface area (Å²) in [5.41, 5.74) is 0. The third-order valence-electron chi connectivity index (χ3n) is 2.57. The van der Waals surface area contributed by atoms with Crippen molar-refractivity contribution in [1.82, 2.24) is 9.80 Å². The van der Waals surface area contributed by atoms with E-state index in [2.05, 4.69) is 0 Å². The van der Waals surface area contributed by atoms with Crippen LogP contribution < -0.4 is 0 Å². The zero-order valence-corrected chi connectivity index (χ0v) is 10.9. The van der Waals surface area contributed by atoms with Crippen LogP contribution in [0.25, 0.3) is 0 Å². The summed E-state index contributed by atoms with van der Waals surface area (Å²) in [6.07, 6.45) is 0.199. The van der Waals surface area contributed by atoms with E-state index in [0.29, 0.717) is 13.2 Å². The van der Waals surface area contributed by atoms with Gasteiger partial charge < -0.3 is 19.6 Å². The highest BCUT2D eigenvalue weighted by Crippen LogP contribution is 2.03. The van der Waals surface area contributed by atoms with Crippen molar-refractivity contribution in [2.45, 2.75) is 19.4 Å². The number of nitrogens with zero attached hydrogens (tertiary/aromatic N) is 3. The molecule has 0 aromatic heterocycles. The summed E-state index contributed by atoms with van der Waals surface area (Å²) in [6, 6.07) is 0.619. The molecule has 0 aliphatic carbocycles. The number of rotatable bonds is 7. The lowest BCUT2D eigenvalue weighted by Gasteiger charge is -2.29. The van der Waals surface area contributed by atoms with Gasteiger partial charge in [0.05, 0.1) is 19.1 Å². The predicted octanol–water partition coefficient (Wildman–Crippen LogP) is 0.373. The van der Waals surface area contributed by atoms with E-state index in [1.807, 2.05) is 6.07 Å². The molecule has 0 radical (unpaired) electrons. The quantitative estimate of drug-likeness (QED) is 0.711. The second-order valence-corrected chi connectivity index (χ2v) is 3.80. The first-order valence-corrected chi connectivity index (χ1v) is 5.56. The molecule has 0 aliphatic rings. The van der Waals surface area contributed by atoms with Crippen LogP contribution in [0, 0.1) is 11.3 Å². The van der Waals surface area contributed by atoms with E-state index >= 15 is 0 Å². The van der Waals surface area contributed by atoms with Gasteiger partial charge >= 0.3 is 12.0 Å². The Morgan fingerprint density at radius 1 is 1.44 bits per heavy atom. The summed E-state index contributed by atoms with van der Waals surface area (Å²) >= 11 is 0. The van der Waals surface area contributed by atoms with Crippen LogP contribution in [0.3, 0.4) is 0 Å². The molecule has 1 N–H and O–H groups in total. The highest BCUT2D eigenvalue weighted by Gasteiger charge is 2.25. The zero-order chi connectivity index (χ0) is 14.1. The largest absolute Gasteiger partial charge is 0.480 e. The van der Waals surface area contributed by atoms with Crippen LogP contribution in [-0.2, 0) is 9.53 Å². The highest BCUT2D eigenvalue weighted by molar-refractivity contribution is 5.82. The van der Waals surface area contributed by atoms with E-state index in [1.165, 1.54) is 26.0 Å². The van der Waals surface area contributed by atoms with E-state index in [-0.39, 0.29) is 13.0 Å². The fraction of sp³-hybridized carbons (Fsp3) is 0.727. The Hall–Kier alpha value is -1.81. The Morgan fingerprint density at radius 3 is 2.50 bits per heavy atom. The fourth-order valence-electron chi connectivity index (χ4n) is 1.24. The van der Waals surface area contributed by atoms with Crippen LogP contribution in [0.2, 0.25) is 0 Å². The summed E-state index contributed by atoms with van der Waals surface area (Å²) in [7, 11) is 2.93. The standard InChI is InChI=1S/C11H19N3O4/c1-9(10(15)16)13(2)11(17)14(6-4-5-12)7-8-18-3/h9H,4,6-8H2,1-3H3,(H,15,16). The molecule has 0 saturated carbocycles. The lowest BCUT2D eigenvalue weighted by molar-refractivity contribution is -0.141. The Morgan fingerprint density at radius 2 is 2.06 bits per heavy atom. The average Bonchev–Trinajstić information content (AvgIpc) is 2.36. The van der Waals surface area contributed by atoms with Gasteiger partial charge in [-0.05, 0) is 6.92 Å². The van der Waals surface area contributed by atoms with Crippen molar-refractivity contribution >= 4 is 12.0 Å². The molecule has 102 valence electrons. The third kappa shape index (κ3) is 5.01. The van der Waals surface area contributed by atoms with Crippen LogP contribution in [0.15, 0.2) is 0 Å². The van der Waals surface area contributed by atoms with Gasteiger partial charge in [0.15, 0.2) is 0 Å². The van der Waals surface area contributed by atoms with Crippen LogP contribution >= 0.6 is 0 Å². The maximum Gasteiger partial charge on any atom is 0.326 e. The number of hydrogen-bond acceptors (Lipinski definition) is 4. The molecule has 0 bridgehead atoms. The van der Waals surface area contributed by atoms with Crippen molar-refractivity contribution < 1.29 is 19.4 Å².